The van der Waals surface area contributed by atoms with Gasteiger partial charge in [0.15, 0.2) is 0 Å². The van der Waals surface area contributed by atoms with E-state index in [1.807, 2.05) is 0 Å². The van der Waals surface area contributed by atoms with E-state index in [4.69, 9.17) is 0 Å². The summed E-state index contributed by atoms with van der Waals surface area (Å²) in [6.07, 6.45) is 1.00. The number of fused-ring (bicyclic) bond motifs is 1. The molecule has 1 heteroatoms. The third-order valence-corrected chi connectivity index (χ3v) is 4.48. The van der Waals surface area contributed by atoms with Crippen molar-refractivity contribution in [1.82, 2.24) is 0 Å². The summed E-state index contributed by atoms with van der Waals surface area (Å²) < 4.78 is 1.37. The van der Waals surface area contributed by atoms with E-state index in [-0.39, 0.29) is 0 Å². The lowest BCUT2D eigenvalue weighted by Crippen LogP contribution is -1.91. The molecule has 1 aromatic heterocycles. The van der Waals surface area contributed by atoms with Crippen molar-refractivity contribution in [2.75, 3.05) is 0 Å². The Hall–Kier alpha value is -1.60. The molecule has 1 radical (unpaired) electrons. The van der Waals surface area contributed by atoms with Gasteiger partial charge in [-0.3, -0.25) is 0 Å². The first-order valence-corrected chi connectivity index (χ1v) is 7.52. The minimum Gasteiger partial charge on any atom is -0.134 e. The zero-order chi connectivity index (χ0) is 13.2. The van der Waals surface area contributed by atoms with E-state index >= 15 is 0 Å². The summed E-state index contributed by atoms with van der Waals surface area (Å²) in [5.74, 6) is 0.601. The van der Waals surface area contributed by atoms with Crippen LogP contribution in [-0.4, -0.2) is 0 Å². The fourth-order valence-electron chi connectivity index (χ4n) is 2.37. The van der Waals surface area contributed by atoms with Crippen LogP contribution in [-0.2, 0) is 6.42 Å². The first-order valence-electron chi connectivity index (χ1n) is 6.70. The highest BCUT2D eigenvalue weighted by atomic mass is 32.1. The molecule has 0 bridgehead atoms. The van der Waals surface area contributed by atoms with Gasteiger partial charge in [0.2, 0.25) is 0 Å². The van der Waals surface area contributed by atoms with Gasteiger partial charge in [-0.15, -0.1) is 11.3 Å². The molecule has 2 aromatic carbocycles. The number of benzene rings is 2. The minimum atomic E-state index is 0.601. The molecule has 0 N–H and O–H groups in total. The van der Waals surface area contributed by atoms with Crippen molar-refractivity contribution in [3.05, 3.63) is 70.6 Å². The fourth-order valence-corrected chi connectivity index (χ4v) is 3.19. The predicted octanol–water partition coefficient (Wildman–Crippen LogP) is 5.42. The largest absolute Gasteiger partial charge is 0.134 e. The Morgan fingerprint density at radius 1 is 1.05 bits per heavy atom. The monoisotopic (exact) mass is 265 g/mol. The second-order valence-electron chi connectivity index (χ2n) is 5.27. The van der Waals surface area contributed by atoms with Gasteiger partial charge >= 0.3 is 0 Å². The van der Waals surface area contributed by atoms with Crippen LogP contribution in [0.3, 0.4) is 0 Å². The lowest BCUT2D eigenvalue weighted by Gasteiger charge is -2.07. The molecule has 0 amide bonds. The van der Waals surface area contributed by atoms with Gasteiger partial charge in [-0.05, 0) is 40.5 Å². The van der Waals surface area contributed by atoms with Crippen LogP contribution < -0.4 is 0 Å². The Bertz CT molecular complexity index is 674. The van der Waals surface area contributed by atoms with E-state index in [2.05, 4.69) is 67.8 Å². The number of hydrogen-bond acceptors (Lipinski definition) is 1. The molecule has 3 aromatic rings. The summed E-state index contributed by atoms with van der Waals surface area (Å²) in [5, 5.41) is 4.54. The van der Waals surface area contributed by atoms with Crippen molar-refractivity contribution in [3.8, 4) is 0 Å². The van der Waals surface area contributed by atoms with E-state index in [9.17, 15) is 0 Å². The summed E-state index contributed by atoms with van der Waals surface area (Å²) in [4.78, 5) is 0. The van der Waals surface area contributed by atoms with E-state index in [1.54, 1.807) is 11.3 Å². The second-order valence-corrected chi connectivity index (χ2v) is 6.12. The smallest absolute Gasteiger partial charge is 0.0455 e. The number of thiophene rings is 1. The summed E-state index contributed by atoms with van der Waals surface area (Å²) >= 11 is 1.72. The van der Waals surface area contributed by atoms with Crippen LogP contribution in [0.1, 0.15) is 36.5 Å². The van der Waals surface area contributed by atoms with Crippen LogP contribution in [0, 0.1) is 5.38 Å². The molecule has 0 saturated heterocycles. The van der Waals surface area contributed by atoms with Gasteiger partial charge in [-0.1, -0.05) is 56.3 Å². The average Bonchev–Trinajstić information content (AvgIpc) is 2.89. The molecule has 95 valence electrons. The van der Waals surface area contributed by atoms with E-state index in [0.717, 1.165) is 6.42 Å². The van der Waals surface area contributed by atoms with Crippen LogP contribution >= 0.6 is 11.3 Å². The zero-order valence-electron chi connectivity index (χ0n) is 11.3. The molecule has 0 spiro atoms. The van der Waals surface area contributed by atoms with Gasteiger partial charge in [-0.25, -0.2) is 0 Å². The van der Waals surface area contributed by atoms with E-state index < -0.39 is 0 Å². The van der Waals surface area contributed by atoms with E-state index in [1.165, 1.54) is 26.8 Å². The van der Waals surface area contributed by atoms with Crippen LogP contribution in [0.5, 0.6) is 0 Å². The van der Waals surface area contributed by atoms with Crippen LogP contribution in [0.15, 0.2) is 48.5 Å². The van der Waals surface area contributed by atoms with Gasteiger partial charge in [0.25, 0.3) is 0 Å². The molecule has 3 rings (SSSR count). The van der Waals surface area contributed by atoms with Crippen molar-refractivity contribution in [2.24, 2.45) is 0 Å². The highest BCUT2D eigenvalue weighted by Gasteiger charge is 2.04. The zero-order valence-corrected chi connectivity index (χ0v) is 12.1. The molecule has 0 unspecified atom stereocenters. The van der Waals surface area contributed by atoms with Gasteiger partial charge in [0.05, 0.1) is 0 Å². The van der Waals surface area contributed by atoms with Gasteiger partial charge in [0, 0.05) is 10.1 Å². The lowest BCUT2D eigenvalue weighted by atomic mass is 9.98. The maximum absolute atomic E-state index is 3.23. The molecule has 0 fully saturated rings. The normalized spacial score (nSPS) is 11.3. The quantitative estimate of drug-likeness (QED) is 0.593. The van der Waals surface area contributed by atoms with Gasteiger partial charge in [0.1, 0.15) is 0 Å². The van der Waals surface area contributed by atoms with Gasteiger partial charge in [-0.2, -0.15) is 0 Å². The van der Waals surface area contributed by atoms with Crippen molar-refractivity contribution in [2.45, 2.75) is 26.2 Å². The molecule has 0 atom stereocenters. The number of hydrogen-bond donors (Lipinski definition) is 0. The maximum Gasteiger partial charge on any atom is 0.0455 e. The molecule has 0 aliphatic heterocycles. The van der Waals surface area contributed by atoms with E-state index in [0.29, 0.717) is 5.92 Å². The molecule has 0 aliphatic carbocycles. The third kappa shape index (κ3) is 2.57. The summed E-state index contributed by atoms with van der Waals surface area (Å²) in [7, 11) is 0. The molecule has 0 aliphatic rings. The number of rotatable bonds is 3. The first-order chi connectivity index (χ1) is 9.24. The summed E-state index contributed by atoms with van der Waals surface area (Å²) in [6.45, 7) is 4.47. The van der Waals surface area contributed by atoms with Crippen molar-refractivity contribution in [3.63, 3.8) is 0 Å². The molecule has 19 heavy (non-hydrogen) atoms. The SMILES string of the molecule is CC(C)c1ccc(Cc2cccc3c[c]sc23)cc1. The Labute approximate surface area is 118 Å². The maximum atomic E-state index is 3.23. The Kier molecular flexibility index (Phi) is 3.39. The Morgan fingerprint density at radius 2 is 1.84 bits per heavy atom. The second kappa shape index (κ2) is 5.18. The van der Waals surface area contributed by atoms with Crippen molar-refractivity contribution >= 4 is 21.4 Å². The van der Waals surface area contributed by atoms with Crippen LogP contribution in [0.4, 0.5) is 0 Å². The van der Waals surface area contributed by atoms with Crippen LogP contribution in [0.25, 0.3) is 10.1 Å². The lowest BCUT2D eigenvalue weighted by molar-refractivity contribution is 0.865. The average molecular weight is 265 g/mol. The van der Waals surface area contributed by atoms with Crippen molar-refractivity contribution < 1.29 is 0 Å². The fraction of sp³-hybridized carbons (Fsp3) is 0.222. The molecule has 0 saturated carbocycles. The molecule has 0 nitrogen and oxygen atoms in total. The minimum absolute atomic E-state index is 0.601. The van der Waals surface area contributed by atoms with Crippen LogP contribution in [0.2, 0.25) is 0 Å². The Balaban J connectivity index is 1.90. The summed E-state index contributed by atoms with van der Waals surface area (Å²) in [5.41, 5.74) is 4.19. The summed E-state index contributed by atoms with van der Waals surface area (Å²) in [6, 6.07) is 17.6. The van der Waals surface area contributed by atoms with Gasteiger partial charge < -0.3 is 0 Å². The molecule has 1 heterocycles. The Morgan fingerprint density at radius 3 is 2.58 bits per heavy atom. The molecular formula is C18H17S. The first kappa shape index (κ1) is 12.4. The highest BCUT2D eigenvalue weighted by molar-refractivity contribution is 7.16. The predicted molar refractivity (Wildman–Crippen MR) is 84.0 cm³/mol. The molecular weight excluding hydrogens is 248 g/mol. The van der Waals surface area contributed by atoms with Crippen molar-refractivity contribution in [1.29, 1.82) is 0 Å². The standard InChI is InChI=1S/C18H17S/c1-13(2)15-8-6-14(7-9-15)12-17-5-3-4-16-10-11-19-18(16)17/h3-10,13H,12H2,1-2H3. The third-order valence-electron chi connectivity index (χ3n) is 3.54. The topological polar surface area (TPSA) is 0 Å². The highest BCUT2D eigenvalue weighted by Crippen LogP contribution is 2.26.